The van der Waals surface area contributed by atoms with E-state index >= 15 is 0 Å². The Morgan fingerprint density at radius 2 is 1.58 bits per heavy atom. The lowest BCUT2D eigenvalue weighted by Crippen LogP contribution is -2.44. The quantitative estimate of drug-likeness (QED) is 0.637. The number of carbonyl (C=O) groups excluding carboxylic acids is 2. The van der Waals surface area contributed by atoms with Crippen molar-refractivity contribution < 1.29 is 9.59 Å². The van der Waals surface area contributed by atoms with Crippen LogP contribution < -0.4 is 5.73 Å². The molecule has 0 aliphatic carbocycles. The highest BCUT2D eigenvalue weighted by Crippen LogP contribution is 1.97. The second kappa shape index (κ2) is 4.82. The van der Waals surface area contributed by atoms with Gasteiger partial charge in [-0.2, -0.15) is 0 Å². The van der Waals surface area contributed by atoms with E-state index in [1.165, 1.54) is 0 Å². The van der Waals surface area contributed by atoms with Gasteiger partial charge in [0.15, 0.2) is 5.11 Å². The SMILES string of the molecule is CCC(=O)N(C(=O)CC)C(N)=S. The zero-order valence-corrected chi connectivity index (χ0v) is 7.98. The lowest BCUT2D eigenvalue weighted by atomic mass is 10.3. The lowest BCUT2D eigenvalue weighted by molar-refractivity contribution is -0.139. The zero-order chi connectivity index (χ0) is 9.72. The Labute approximate surface area is 76.7 Å². The summed E-state index contributed by atoms with van der Waals surface area (Å²) in [6, 6.07) is 0. The molecule has 0 bridgehead atoms. The third kappa shape index (κ3) is 2.58. The second-order valence-electron chi connectivity index (χ2n) is 2.17. The van der Waals surface area contributed by atoms with Gasteiger partial charge in [-0.1, -0.05) is 13.8 Å². The van der Waals surface area contributed by atoms with Crippen molar-refractivity contribution in [1.82, 2.24) is 4.90 Å². The van der Waals surface area contributed by atoms with Gasteiger partial charge in [0.1, 0.15) is 0 Å². The summed E-state index contributed by atoms with van der Waals surface area (Å²) in [6.07, 6.45) is 0.451. The molecule has 2 N–H and O–H groups in total. The third-order valence-electron chi connectivity index (χ3n) is 1.32. The van der Waals surface area contributed by atoms with E-state index in [1.54, 1.807) is 13.8 Å². The fourth-order valence-electron chi connectivity index (χ4n) is 0.701. The van der Waals surface area contributed by atoms with Gasteiger partial charge in [-0.25, -0.2) is 4.90 Å². The molecule has 0 aliphatic rings. The Morgan fingerprint density at radius 3 is 1.75 bits per heavy atom. The lowest BCUT2D eigenvalue weighted by Gasteiger charge is -2.16. The number of amides is 2. The molecule has 0 aromatic carbocycles. The van der Waals surface area contributed by atoms with E-state index in [0.29, 0.717) is 0 Å². The van der Waals surface area contributed by atoms with Crippen molar-refractivity contribution in [2.75, 3.05) is 0 Å². The van der Waals surface area contributed by atoms with Crippen LogP contribution in [0.3, 0.4) is 0 Å². The molecule has 0 fully saturated rings. The Morgan fingerprint density at radius 1 is 1.25 bits per heavy atom. The maximum atomic E-state index is 11.1. The Kier molecular flexibility index (Phi) is 4.43. The van der Waals surface area contributed by atoms with E-state index in [0.717, 1.165) is 4.90 Å². The number of nitrogens with two attached hydrogens (primary N) is 1. The van der Waals surface area contributed by atoms with Crippen molar-refractivity contribution in [3.8, 4) is 0 Å². The van der Waals surface area contributed by atoms with Crippen LogP contribution in [0.5, 0.6) is 0 Å². The summed E-state index contributed by atoms with van der Waals surface area (Å²) in [7, 11) is 0. The van der Waals surface area contributed by atoms with Crippen molar-refractivity contribution in [2.24, 2.45) is 5.73 Å². The molecule has 0 aromatic rings. The van der Waals surface area contributed by atoms with Crippen LogP contribution in [-0.2, 0) is 9.59 Å². The Hall–Kier alpha value is -0.970. The molecule has 0 aliphatic heterocycles. The minimum Gasteiger partial charge on any atom is -0.375 e. The number of rotatable bonds is 2. The van der Waals surface area contributed by atoms with Crippen LogP contribution in [0.1, 0.15) is 26.7 Å². The van der Waals surface area contributed by atoms with Gasteiger partial charge in [-0.05, 0) is 12.2 Å². The van der Waals surface area contributed by atoms with Gasteiger partial charge < -0.3 is 5.73 Å². The molecule has 4 nitrogen and oxygen atoms in total. The van der Waals surface area contributed by atoms with Crippen molar-refractivity contribution in [3.05, 3.63) is 0 Å². The molecule has 12 heavy (non-hydrogen) atoms. The summed E-state index contributed by atoms with van der Waals surface area (Å²) in [4.78, 5) is 23.0. The molecular weight excluding hydrogens is 176 g/mol. The predicted molar refractivity (Wildman–Crippen MR) is 49.2 cm³/mol. The van der Waals surface area contributed by atoms with Gasteiger partial charge in [-0.15, -0.1) is 0 Å². The van der Waals surface area contributed by atoms with Gasteiger partial charge in [0.25, 0.3) is 0 Å². The Balaban J connectivity index is 4.55. The highest BCUT2D eigenvalue weighted by atomic mass is 32.1. The van der Waals surface area contributed by atoms with Crippen LogP contribution in [0.15, 0.2) is 0 Å². The van der Waals surface area contributed by atoms with Gasteiger partial charge in [0.05, 0.1) is 0 Å². The van der Waals surface area contributed by atoms with Crippen molar-refractivity contribution in [1.29, 1.82) is 0 Å². The molecule has 0 saturated heterocycles. The topological polar surface area (TPSA) is 63.4 Å². The summed E-state index contributed by atoms with van der Waals surface area (Å²) < 4.78 is 0. The molecule has 0 aromatic heterocycles. The van der Waals surface area contributed by atoms with E-state index < -0.39 is 0 Å². The van der Waals surface area contributed by atoms with Crippen LogP contribution in [0.4, 0.5) is 0 Å². The molecule has 68 valence electrons. The van der Waals surface area contributed by atoms with Crippen molar-refractivity contribution >= 4 is 29.1 Å². The standard InChI is InChI=1S/C7H12N2O2S/c1-3-5(10)9(7(8)12)6(11)4-2/h3-4H2,1-2H3,(H2,8,12). The van der Waals surface area contributed by atoms with Crippen molar-refractivity contribution in [3.63, 3.8) is 0 Å². The Bertz CT molecular complexity index is 199. The van der Waals surface area contributed by atoms with Crippen LogP contribution in [-0.4, -0.2) is 21.8 Å². The average Bonchev–Trinajstić information content (AvgIpc) is 2.03. The second-order valence-corrected chi connectivity index (χ2v) is 2.59. The molecular formula is C7H12N2O2S. The summed E-state index contributed by atoms with van der Waals surface area (Å²) in [6.45, 7) is 3.30. The molecule has 0 radical (unpaired) electrons. The van der Waals surface area contributed by atoms with Gasteiger partial charge in [0, 0.05) is 12.8 Å². The molecule has 0 rings (SSSR count). The highest BCUT2D eigenvalue weighted by molar-refractivity contribution is 7.80. The fourth-order valence-corrected chi connectivity index (χ4v) is 0.905. The molecule has 0 spiro atoms. The largest absolute Gasteiger partial charge is 0.375 e. The first-order chi connectivity index (χ1) is 5.54. The number of nitrogens with zero attached hydrogens (tertiary/aromatic N) is 1. The van der Waals surface area contributed by atoms with Crippen LogP contribution in [0.25, 0.3) is 0 Å². The highest BCUT2D eigenvalue weighted by Gasteiger charge is 2.20. The van der Waals surface area contributed by atoms with E-state index in [-0.39, 0.29) is 29.8 Å². The number of hydrogen-bond donors (Lipinski definition) is 1. The van der Waals surface area contributed by atoms with Gasteiger partial charge in [0.2, 0.25) is 11.8 Å². The molecule has 0 heterocycles. The molecule has 0 saturated carbocycles. The van der Waals surface area contributed by atoms with Crippen LogP contribution >= 0.6 is 12.2 Å². The molecule has 2 amide bonds. The summed E-state index contributed by atoms with van der Waals surface area (Å²) in [5.74, 6) is -0.705. The van der Waals surface area contributed by atoms with Gasteiger partial charge in [-0.3, -0.25) is 9.59 Å². The van der Waals surface area contributed by atoms with E-state index in [4.69, 9.17) is 5.73 Å². The number of imide groups is 1. The third-order valence-corrected chi connectivity index (χ3v) is 1.51. The van der Waals surface area contributed by atoms with Gasteiger partial charge >= 0.3 is 0 Å². The van der Waals surface area contributed by atoms with Crippen LogP contribution in [0, 0.1) is 0 Å². The summed E-state index contributed by atoms with van der Waals surface area (Å²) in [5, 5.41) is -0.172. The minimum absolute atomic E-state index is 0.172. The average molecular weight is 188 g/mol. The number of thiocarbonyl (C=S) groups is 1. The number of hydrogen-bond acceptors (Lipinski definition) is 3. The first-order valence-electron chi connectivity index (χ1n) is 3.69. The monoisotopic (exact) mass is 188 g/mol. The summed E-state index contributed by atoms with van der Waals surface area (Å²) >= 11 is 4.56. The maximum Gasteiger partial charge on any atom is 0.235 e. The molecule has 0 unspecified atom stereocenters. The molecule has 0 atom stereocenters. The zero-order valence-electron chi connectivity index (χ0n) is 7.16. The fraction of sp³-hybridized carbons (Fsp3) is 0.571. The van der Waals surface area contributed by atoms with Crippen molar-refractivity contribution in [2.45, 2.75) is 26.7 Å². The van der Waals surface area contributed by atoms with E-state index in [9.17, 15) is 9.59 Å². The van der Waals surface area contributed by atoms with Crippen LogP contribution in [0.2, 0.25) is 0 Å². The minimum atomic E-state index is -0.352. The summed E-state index contributed by atoms with van der Waals surface area (Å²) in [5.41, 5.74) is 5.21. The first-order valence-corrected chi connectivity index (χ1v) is 4.10. The maximum absolute atomic E-state index is 11.1. The normalized spacial score (nSPS) is 9.17. The first kappa shape index (κ1) is 11.0. The van der Waals surface area contributed by atoms with E-state index in [2.05, 4.69) is 12.2 Å². The molecule has 5 heteroatoms. The number of carbonyl (C=O) groups is 2. The predicted octanol–water partition coefficient (Wildman–Crippen LogP) is 0.405. The smallest absolute Gasteiger partial charge is 0.235 e. The van der Waals surface area contributed by atoms with E-state index in [1.807, 2.05) is 0 Å².